The van der Waals surface area contributed by atoms with Gasteiger partial charge in [0.1, 0.15) is 0 Å². The first-order valence-electron chi connectivity index (χ1n) is 8.37. The van der Waals surface area contributed by atoms with Crippen molar-refractivity contribution in [2.45, 2.75) is 51.5 Å². The van der Waals surface area contributed by atoms with Gasteiger partial charge in [-0.05, 0) is 37.9 Å². The summed E-state index contributed by atoms with van der Waals surface area (Å²) in [6.07, 6.45) is 6.51. The number of unbranched alkanes of at least 4 members (excludes halogenated alkanes) is 2. The van der Waals surface area contributed by atoms with Gasteiger partial charge in [-0.25, -0.2) is 0 Å². The number of carbonyl (C=O) groups is 1. The summed E-state index contributed by atoms with van der Waals surface area (Å²) in [5.41, 5.74) is 1.31. The molecule has 1 fully saturated rings. The molecule has 3 heteroatoms. The van der Waals surface area contributed by atoms with Gasteiger partial charge in [-0.1, -0.05) is 50.1 Å². The Morgan fingerprint density at radius 2 is 1.90 bits per heavy atom. The number of hydrogen-bond donors (Lipinski definition) is 1. The third-order valence-corrected chi connectivity index (χ3v) is 4.27. The fourth-order valence-electron chi connectivity index (χ4n) is 3.02. The van der Waals surface area contributed by atoms with Gasteiger partial charge >= 0.3 is 0 Å². The number of rotatable bonds is 8. The van der Waals surface area contributed by atoms with E-state index in [0.717, 1.165) is 38.9 Å². The van der Waals surface area contributed by atoms with Gasteiger partial charge in [0.05, 0.1) is 6.04 Å². The topological polar surface area (TPSA) is 32.3 Å². The summed E-state index contributed by atoms with van der Waals surface area (Å²) in [5.74, 6) is 0.198. The second kappa shape index (κ2) is 8.83. The van der Waals surface area contributed by atoms with Crippen molar-refractivity contribution in [3.8, 4) is 0 Å². The first kappa shape index (κ1) is 16.0. The summed E-state index contributed by atoms with van der Waals surface area (Å²) >= 11 is 0. The minimum absolute atomic E-state index is 0.198. The lowest BCUT2D eigenvalue weighted by Gasteiger charge is -2.28. The quantitative estimate of drug-likeness (QED) is 0.742. The van der Waals surface area contributed by atoms with Gasteiger partial charge in [-0.15, -0.1) is 0 Å². The first-order valence-corrected chi connectivity index (χ1v) is 8.37. The molecule has 2 rings (SSSR count). The molecule has 21 heavy (non-hydrogen) atoms. The average molecular weight is 288 g/mol. The zero-order valence-electron chi connectivity index (χ0n) is 13.2. The van der Waals surface area contributed by atoms with E-state index in [1.54, 1.807) is 0 Å². The van der Waals surface area contributed by atoms with Crippen LogP contribution in [0.3, 0.4) is 0 Å². The van der Waals surface area contributed by atoms with E-state index < -0.39 is 0 Å². The summed E-state index contributed by atoms with van der Waals surface area (Å²) in [4.78, 5) is 14.4. The molecule has 0 aliphatic carbocycles. The Balaban J connectivity index is 1.89. The van der Waals surface area contributed by atoms with Crippen LogP contribution < -0.4 is 5.32 Å². The van der Waals surface area contributed by atoms with E-state index in [4.69, 9.17) is 0 Å². The molecule has 1 atom stereocenters. The van der Waals surface area contributed by atoms with Crippen LogP contribution in [0.4, 0.5) is 0 Å². The highest BCUT2D eigenvalue weighted by Crippen LogP contribution is 2.24. The summed E-state index contributed by atoms with van der Waals surface area (Å²) in [5, 5.41) is 3.14. The Labute approximate surface area is 128 Å². The van der Waals surface area contributed by atoms with Crippen LogP contribution in [0, 0.1) is 0 Å². The highest BCUT2D eigenvalue weighted by Gasteiger charge is 2.23. The third-order valence-electron chi connectivity index (χ3n) is 4.27. The second-order valence-corrected chi connectivity index (χ2v) is 5.93. The Morgan fingerprint density at radius 1 is 1.19 bits per heavy atom. The number of nitrogens with zero attached hydrogens (tertiary/aromatic N) is 1. The smallest absolute Gasteiger partial charge is 0.220 e. The Morgan fingerprint density at radius 3 is 2.57 bits per heavy atom. The highest BCUT2D eigenvalue weighted by molar-refractivity contribution is 5.75. The molecular weight excluding hydrogens is 260 g/mol. The predicted octanol–water partition coefficient (Wildman–Crippen LogP) is 3.52. The molecule has 1 heterocycles. The van der Waals surface area contributed by atoms with Crippen molar-refractivity contribution in [3.63, 3.8) is 0 Å². The van der Waals surface area contributed by atoms with Gasteiger partial charge in [-0.3, -0.25) is 9.69 Å². The molecule has 1 aromatic carbocycles. The molecule has 0 radical (unpaired) electrons. The molecule has 0 bridgehead atoms. The summed E-state index contributed by atoms with van der Waals surface area (Å²) in [7, 11) is 0. The summed E-state index contributed by atoms with van der Waals surface area (Å²) < 4.78 is 0. The van der Waals surface area contributed by atoms with Gasteiger partial charge < -0.3 is 5.32 Å². The predicted molar refractivity (Wildman–Crippen MR) is 87.1 cm³/mol. The number of carbonyl (C=O) groups excluding carboxylic acids is 1. The average Bonchev–Trinajstić information content (AvgIpc) is 3.03. The minimum atomic E-state index is 0.198. The molecule has 1 aliphatic rings. The summed E-state index contributed by atoms with van der Waals surface area (Å²) in [6, 6.07) is 10.9. The zero-order valence-corrected chi connectivity index (χ0v) is 13.2. The number of hydrogen-bond acceptors (Lipinski definition) is 2. The van der Waals surface area contributed by atoms with Crippen LogP contribution in [0.25, 0.3) is 0 Å². The van der Waals surface area contributed by atoms with Crippen molar-refractivity contribution < 1.29 is 4.79 Å². The molecule has 1 saturated heterocycles. The van der Waals surface area contributed by atoms with Gasteiger partial charge in [0, 0.05) is 13.0 Å². The molecular formula is C18H28N2O. The van der Waals surface area contributed by atoms with Crippen LogP contribution in [0.2, 0.25) is 0 Å². The number of nitrogens with one attached hydrogen (secondary N) is 1. The van der Waals surface area contributed by atoms with Crippen LogP contribution in [-0.2, 0) is 4.79 Å². The fraction of sp³-hybridized carbons (Fsp3) is 0.611. The van der Waals surface area contributed by atoms with Crippen molar-refractivity contribution in [1.82, 2.24) is 10.2 Å². The SMILES string of the molecule is CCCCCC(=O)NCC(c1ccccc1)N1CCCC1. The minimum Gasteiger partial charge on any atom is -0.354 e. The molecule has 3 nitrogen and oxygen atoms in total. The van der Waals surface area contributed by atoms with E-state index >= 15 is 0 Å². The molecule has 1 unspecified atom stereocenters. The maximum absolute atomic E-state index is 11.9. The van der Waals surface area contributed by atoms with E-state index in [2.05, 4.69) is 41.4 Å². The zero-order chi connectivity index (χ0) is 14.9. The van der Waals surface area contributed by atoms with Gasteiger partial charge in [0.15, 0.2) is 0 Å². The largest absolute Gasteiger partial charge is 0.354 e. The summed E-state index contributed by atoms with van der Waals surface area (Å²) in [6.45, 7) is 5.18. The maximum Gasteiger partial charge on any atom is 0.220 e. The number of likely N-dealkylation sites (tertiary alicyclic amines) is 1. The standard InChI is InChI=1S/C18H28N2O/c1-2-3-5-12-18(21)19-15-17(20-13-8-9-14-20)16-10-6-4-7-11-16/h4,6-7,10-11,17H,2-3,5,8-9,12-15H2,1H3,(H,19,21). The van der Waals surface area contributed by atoms with Crippen molar-refractivity contribution >= 4 is 5.91 Å². The van der Waals surface area contributed by atoms with Crippen molar-refractivity contribution in [2.75, 3.05) is 19.6 Å². The van der Waals surface area contributed by atoms with E-state index in [1.165, 1.54) is 18.4 Å². The number of benzene rings is 1. The van der Waals surface area contributed by atoms with Crippen LogP contribution in [0.15, 0.2) is 30.3 Å². The molecule has 1 aliphatic heterocycles. The van der Waals surface area contributed by atoms with Crippen LogP contribution >= 0.6 is 0 Å². The molecule has 0 saturated carbocycles. The van der Waals surface area contributed by atoms with Crippen molar-refractivity contribution in [2.24, 2.45) is 0 Å². The van der Waals surface area contributed by atoms with Crippen molar-refractivity contribution in [1.29, 1.82) is 0 Å². The van der Waals surface area contributed by atoms with Gasteiger partial charge in [0.2, 0.25) is 5.91 Å². The van der Waals surface area contributed by atoms with E-state index in [9.17, 15) is 4.79 Å². The maximum atomic E-state index is 11.9. The first-order chi connectivity index (χ1) is 10.3. The Kier molecular flexibility index (Phi) is 6.74. The molecule has 0 aromatic heterocycles. The molecule has 1 N–H and O–H groups in total. The normalized spacial score (nSPS) is 16.8. The lowest BCUT2D eigenvalue weighted by Crippen LogP contribution is -2.36. The molecule has 1 amide bonds. The molecule has 116 valence electrons. The Hall–Kier alpha value is -1.35. The molecule has 1 aromatic rings. The third kappa shape index (κ3) is 5.16. The van der Waals surface area contributed by atoms with E-state index in [-0.39, 0.29) is 5.91 Å². The lowest BCUT2D eigenvalue weighted by molar-refractivity contribution is -0.121. The van der Waals surface area contributed by atoms with Crippen molar-refractivity contribution in [3.05, 3.63) is 35.9 Å². The highest BCUT2D eigenvalue weighted by atomic mass is 16.1. The Bertz CT molecular complexity index is 412. The van der Waals surface area contributed by atoms with Gasteiger partial charge in [0.25, 0.3) is 0 Å². The number of amides is 1. The van der Waals surface area contributed by atoms with Crippen LogP contribution in [0.5, 0.6) is 0 Å². The van der Waals surface area contributed by atoms with Gasteiger partial charge in [-0.2, -0.15) is 0 Å². The fourth-order valence-corrected chi connectivity index (χ4v) is 3.02. The molecule has 0 spiro atoms. The van der Waals surface area contributed by atoms with Crippen LogP contribution in [0.1, 0.15) is 57.1 Å². The van der Waals surface area contributed by atoms with E-state index in [0.29, 0.717) is 12.5 Å². The van der Waals surface area contributed by atoms with E-state index in [1.807, 2.05) is 6.07 Å². The lowest BCUT2D eigenvalue weighted by atomic mass is 10.1. The second-order valence-electron chi connectivity index (χ2n) is 5.93. The van der Waals surface area contributed by atoms with Crippen LogP contribution in [-0.4, -0.2) is 30.4 Å². The monoisotopic (exact) mass is 288 g/mol.